The summed E-state index contributed by atoms with van der Waals surface area (Å²) in [6.45, 7) is 5.53. The third kappa shape index (κ3) is 5.00. The molecular formula is C32H34N2O2. The Morgan fingerprint density at radius 2 is 1.47 bits per heavy atom. The average molecular weight is 479 g/mol. The highest BCUT2D eigenvalue weighted by Crippen LogP contribution is 2.44. The lowest BCUT2D eigenvalue weighted by molar-refractivity contribution is 0.0940. The van der Waals surface area contributed by atoms with E-state index in [4.69, 9.17) is 10.5 Å². The van der Waals surface area contributed by atoms with Gasteiger partial charge in [-0.15, -0.1) is 0 Å². The van der Waals surface area contributed by atoms with Crippen LogP contribution in [0.2, 0.25) is 0 Å². The van der Waals surface area contributed by atoms with E-state index >= 15 is 0 Å². The topological polar surface area (TPSA) is 55.6 Å². The Bertz CT molecular complexity index is 1310. The van der Waals surface area contributed by atoms with Crippen molar-refractivity contribution < 1.29 is 9.53 Å². The largest absolute Gasteiger partial charge is 0.448 e. The number of amides is 1. The van der Waals surface area contributed by atoms with Gasteiger partial charge in [0, 0.05) is 25.0 Å². The molecule has 4 aromatic carbocycles. The summed E-state index contributed by atoms with van der Waals surface area (Å²) in [7, 11) is 0. The Morgan fingerprint density at radius 1 is 0.861 bits per heavy atom. The Kier molecular flexibility index (Phi) is 7.06. The number of nitrogens with zero attached hydrogens (tertiary/aromatic N) is 1. The summed E-state index contributed by atoms with van der Waals surface area (Å²) < 4.78 is 6.02. The van der Waals surface area contributed by atoms with Crippen molar-refractivity contribution in [3.8, 4) is 11.1 Å². The maximum atomic E-state index is 13.5. The van der Waals surface area contributed by atoms with Gasteiger partial charge in [0.2, 0.25) is 0 Å². The highest BCUT2D eigenvalue weighted by Gasteiger charge is 2.30. The minimum Gasteiger partial charge on any atom is -0.448 e. The van der Waals surface area contributed by atoms with Crippen LogP contribution in [0, 0.1) is 5.92 Å². The number of hydrogen-bond donors (Lipinski definition) is 1. The molecule has 1 aliphatic carbocycles. The van der Waals surface area contributed by atoms with Crippen LogP contribution in [0.15, 0.2) is 91.0 Å². The van der Waals surface area contributed by atoms with Crippen LogP contribution in [-0.4, -0.2) is 30.2 Å². The average Bonchev–Trinajstić information content (AvgIpc) is 3.20. The van der Waals surface area contributed by atoms with Crippen molar-refractivity contribution in [1.29, 1.82) is 0 Å². The highest BCUT2D eigenvalue weighted by atomic mass is 16.6. The molecule has 5 rings (SSSR count). The van der Waals surface area contributed by atoms with Gasteiger partial charge in [0.1, 0.15) is 6.61 Å². The van der Waals surface area contributed by atoms with Crippen molar-refractivity contribution in [2.24, 2.45) is 11.7 Å². The summed E-state index contributed by atoms with van der Waals surface area (Å²) >= 11 is 0. The predicted molar refractivity (Wildman–Crippen MR) is 147 cm³/mol. The van der Waals surface area contributed by atoms with Crippen molar-refractivity contribution in [3.63, 3.8) is 0 Å². The first-order valence-electron chi connectivity index (χ1n) is 12.8. The molecule has 0 fully saturated rings. The van der Waals surface area contributed by atoms with Crippen LogP contribution >= 0.6 is 0 Å². The molecule has 4 nitrogen and oxygen atoms in total. The van der Waals surface area contributed by atoms with Crippen molar-refractivity contribution in [2.45, 2.75) is 38.8 Å². The number of nitrogens with two attached hydrogens (primary N) is 1. The molecule has 36 heavy (non-hydrogen) atoms. The maximum absolute atomic E-state index is 13.5. The lowest BCUT2D eigenvalue weighted by Crippen LogP contribution is -2.42. The quantitative estimate of drug-likeness (QED) is 0.298. The second-order valence-corrected chi connectivity index (χ2v) is 10.2. The van der Waals surface area contributed by atoms with E-state index in [0.717, 1.165) is 22.8 Å². The van der Waals surface area contributed by atoms with E-state index in [-0.39, 0.29) is 18.1 Å². The molecule has 0 saturated carbocycles. The van der Waals surface area contributed by atoms with Crippen molar-refractivity contribution in [3.05, 3.63) is 108 Å². The molecule has 0 aliphatic heterocycles. The van der Waals surface area contributed by atoms with Crippen LogP contribution in [0.4, 0.5) is 4.79 Å². The lowest BCUT2D eigenvalue weighted by atomic mass is 9.98. The fraction of sp³-hybridized carbons (Fsp3) is 0.281. The minimum absolute atomic E-state index is 0.0325. The van der Waals surface area contributed by atoms with Crippen LogP contribution in [-0.2, 0) is 11.3 Å². The molecule has 184 valence electrons. The number of fused-ring (bicyclic) bond motifs is 4. The summed E-state index contributed by atoms with van der Waals surface area (Å²) in [6, 6.07) is 31.2. The zero-order valence-electron chi connectivity index (χ0n) is 21.1. The molecule has 1 aliphatic rings. The highest BCUT2D eigenvalue weighted by molar-refractivity contribution is 5.86. The Hall–Kier alpha value is -3.63. The van der Waals surface area contributed by atoms with Gasteiger partial charge < -0.3 is 15.4 Å². The van der Waals surface area contributed by atoms with Gasteiger partial charge in [-0.25, -0.2) is 4.79 Å². The van der Waals surface area contributed by atoms with E-state index in [1.165, 1.54) is 22.3 Å². The molecule has 1 amide bonds. The van der Waals surface area contributed by atoms with Gasteiger partial charge in [0.15, 0.2) is 0 Å². The first-order chi connectivity index (χ1) is 17.5. The first-order valence-corrected chi connectivity index (χ1v) is 12.8. The van der Waals surface area contributed by atoms with E-state index < -0.39 is 0 Å². The van der Waals surface area contributed by atoms with Gasteiger partial charge >= 0.3 is 6.09 Å². The molecule has 0 unspecified atom stereocenters. The zero-order chi connectivity index (χ0) is 25.1. The van der Waals surface area contributed by atoms with Crippen LogP contribution in [0.5, 0.6) is 0 Å². The molecule has 0 bridgehead atoms. The van der Waals surface area contributed by atoms with E-state index in [9.17, 15) is 4.79 Å². The second kappa shape index (κ2) is 10.5. The molecule has 0 saturated heterocycles. The molecule has 0 spiro atoms. The first kappa shape index (κ1) is 24.1. The van der Waals surface area contributed by atoms with E-state index in [0.29, 0.717) is 25.6 Å². The summed E-state index contributed by atoms with van der Waals surface area (Å²) in [5.74, 6) is 0.493. The monoisotopic (exact) mass is 478 g/mol. The molecule has 2 N–H and O–H groups in total. The fourth-order valence-corrected chi connectivity index (χ4v) is 5.49. The van der Waals surface area contributed by atoms with Crippen molar-refractivity contribution in [1.82, 2.24) is 4.90 Å². The molecule has 0 aromatic heterocycles. The zero-order valence-corrected chi connectivity index (χ0v) is 21.1. The normalized spacial score (nSPS) is 13.4. The van der Waals surface area contributed by atoms with Crippen LogP contribution in [0.1, 0.15) is 42.9 Å². The van der Waals surface area contributed by atoms with Crippen LogP contribution < -0.4 is 5.73 Å². The Labute approximate surface area is 213 Å². The number of carbonyl (C=O) groups is 1. The number of rotatable bonds is 8. The third-order valence-electron chi connectivity index (χ3n) is 7.06. The SMILES string of the molecule is CC(C)C[C@H](N)CN(Cc1cccc2ccccc12)C(=O)OCC1c2ccccc2-c2ccccc21. The van der Waals surface area contributed by atoms with E-state index in [2.05, 4.69) is 86.6 Å². The van der Waals surface area contributed by atoms with Gasteiger partial charge in [0.05, 0.1) is 0 Å². The molecule has 0 radical (unpaired) electrons. The van der Waals surface area contributed by atoms with Crippen LogP contribution in [0.3, 0.4) is 0 Å². The maximum Gasteiger partial charge on any atom is 0.410 e. The number of ether oxygens (including phenoxy) is 1. The standard InChI is InChI=1S/C32H34N2O2/c1-22(2)18-25(33)20-34(19-24-12-9-11-23-10-3-4-13-26(23)24)32(35)36-21-31-29-16-7-5-14-27(29)28-15-6-8-17-30(28)31/h3-17,22,25,31H,18-21,33H2,1-2H3/t25-/m0/s1. The number of hydrogen-bond acceptors (Lipinski definition) is 3. The Balaban J connectivity index is 1.37. The van der Waals surface area contributed by atoms with Gasteiger partial charge in [0.25, 0.3) is 0 Å². The van der Waals surface area contributed by atoms with Crippen molar-refractivity contribution in [2.75, 3.05) is 13.2 Å². The summed E-state index contributed by atoms with van der Waals surface area (Å²) in [6.07, 6.45) is 0.534. The molecular weight excluding hydrogens is 444 g/mol. The molecule has 1 atom stereocenters. The van der Waals surface area contributed by atoms with Crippen LogP contribution in [0.25, 0.3) is 21.9 Å². The smallest absolute Gasteiger partial charge is 0.410 e. The molecule has 4 heteroatoms. The van der Waals surface area contributed by atoms with E-state index in [1.54, 1.807) is 4.90 Å². The fourth-order valence-electron chi connectivity index (χ4n) is 5.49. The van der Waals surface area contributed by atoms with Gasteiger partial charge in [-0.3, -0.25) is 0 Å². The van der Waals surface area contributed by atoms with Gasteiger partial charge in [-0.05, 0) is 50.9 Å². The Morgan fingerprint density at radius 3 is 2.17 bits per heavy atom. The molecule has 0 heterocycles. The summed E-state index contributed by atoms with van der Waals surface area (Å²) in [5.41, 5.74) is 12.4. The molecule has 4 aromatic rings. The van der Waals surface area contributed by atoms with E-state index in [1.807, 2.05) is 18.2 Å². The van der Waals surface area contributed by atoms with Gasteiger partial charge in [-0.1, -0.05) is 105 Å². The second-order valence-electron chi connectivity index (χ2n) is 10.2. The lowest BCUT2D eigenvalue weighted by Gasteiger charge is -2.27. The minimum atomic E-state index is -0.316. The summed E-state index contributed by atoms with van der Waals surface area (Å²) in [4.78, 5) is 15.3. The summed E-state index contributed by atoms with van der Waals surface area (Å²) in [5, 5.41) is 2.31. The van der Waals surface area contributed by atoms with Gasteiger partial charge in [-0.2, -0.15) is 0 Å². The number of benzene rings is 4. The third-order valence-corrected chi connectivity index (χ3v) is 7.06. The van der Waals surface area contributed by atoms with Crippen molar-refractivity contribution >= 4 is 16.9 Å². The number of carbonyl (C=O) groups excluding carboxylic acids is 1. The predicted octanol–water partition coefficient (Wildman–Crippen LogP) is 6.96.